The van der Waals surface area contributed by atoms with Crippen LogP contribution in [-0.2, 0) is 16.6 Å². The number of nitrogens with one attached hydrogen (secondary N) is 2. The first-order chi connectivity index (χ1) is 9.42. The lowest BCUT2D eigenvalue weighted by atomic mass is 10.3. The predicted octanol–water partition coefficient (Wildman–Crippen LogP) is 3.11. The highest BCUT2D eigenvalue weighted by Crippen LogP contribution is 2.28. The van der Waals surface area contributed by atoms with E-state index in [9.17, 15) is 8.42 Å². The molecule has 8 heteroatoms. The van der Waals surface area contributed by atoms with Crippen molar-refractivity contribution < 1.29 is 12.8 Å². The van der Waals surface area contributed by atoms with Crippen molar-refractivity contribution in [3.63, 3.8) is 0 Å². The summed E-state index contributed by atoms with van der Waals surface area (Å²) < 4.78 is 31.9. The first-order valence-electron chi connectivity index (χ1n) is 5.63. The summed E-state index contributed by atoms with van der Waals surface area (Å²) in [5.74, 6) is 0.519. The summed E-state index contributed by atoms with van der Waals surface area (Å²) >= 11 is 11.7. The third kappa shape index (κ3) is 3.46. The van der Waals surface area contributed by atoms with Crippen molar-refractivity contribution in [2.75, 3.05) is 11.8 Å². The fourth-order valence-electron chi connectivity index (χ4n) is 1.54. The maximum Gasteiger partial charge on any atom is 0.295 e. The molecule has 0 fully saturated rings. The summed E-state index contributed by atoms with van der Waals surface area (Å²) in [5.41, 5.74) is 0.200. The van der Waals surface area contributed by atoms with Gasteiger partial charge in [0.1, 0.15) is 5.76 Å². The Hall–Kier alpha value is -1.21. The van der Waals surface area contributed by atoms with Gasteiger partial charge in [-0.1, -0.05) is 23.2 Å². The maximum atomic E-state index is 12.2. The van der Waals surface area contributed by atoms with Crippen molar-refractivity contribution in [1.82, 2.24) is 5.32 Å². The van der Waals surface area contributed by atoms with Crippen molar-refractivity contribution in [3.05, 3.63) is 46.1 Å². The van der Waals surface area contributed by atoms with Gasteiger partial charge in [0.2, 0.25) is 5.09 Å². The van der Waals surface area contributed by atoms with Crippen molar-refractivity contribution in [2.24, 2.45) is 0 Å². The highest BCUT2D eigenvalue weighted by Gasteiger charge is 2.20. The topological polar surface area (TPSA) is 71.3 Å². The van der Waals surface area contributed by atoms with E-state index in [1.807, 2.05) is 0 Å². The molecule has 2 aromatic rings. The minimum atomic E-state index is -3.84. The molecule has 0 aliphatic carbocycles. The summed E-state index contributed by atoms with van der Waals surface area (Å²) in [6.07, 6.45) is 0. The molecule has 2 N–H and O–H groups in total. The lowest BCUT2D eigenvalue weighted by Crippen LogP contribution is -2.12. The average molecular weight is 335 g/mol. The van der Waals surface area contributed by atoms with Crippen LogP contribution in [0.15, 0.2) is 39.8 Å². The molecule has 0 spiro atoms. The molecule has 1 aromatic heterocycles. The van der Waals surface area contributed by atoms with Crippen molar-refractivity contribution in [3.8, 4) is 0 Å². The lowest BCUT2D eigenvalue weighted by Gasteiger charge is -2.08. The molecule has 0 radical (unpaired) electrons. The van der Waals surface area contributed by atoms with E-state index in [1.54, 1.807) is 19.2 Å². The summed E-state index contributed by atoms with van der Waals surface area (Å²) in [4.78, 5) is 0. The van der Waals surface area contributed by atoms with Crippen LogP contribution in [-0.4, -0.2) is 15.5 Å². The Balaban J connectivity index is 2.28. The number of halogens is 2. The van der Waals surface area contributed by atoms with Gasteiger partial charge in [0.15, 0.2) is 0 Å². The van der Waals surface area contributed by atoms with Crippen LogP contribution >= 0.6 is 23.2 Å². The van der Waals surface area contributed by atoms with Gasteiger partial charge in [0.05, 0.1) is 17.3 Å². The van der Waals surface area contributed by atoms with Crippen LogP contribution < -0.4 is 10.0 Å². The van der Waals surface area contributed by atoms with E-state index in [0.717, 1.165) is 0 Å². The van der Waals surface area contributed by atoms with Gasteiger partial charge in [-0.2, -0.15) is 8.42 Å². The molecular formula is C12H12Cl2N2O3S. The standard InChI is InChI=1S/C12H12Cl2N2O3S/c1-15-7-9-3-5-12(19-9)20(17,18)16-11-6-8(13)2-4-10(11)14/h2-6,15-16H,7H2,1H3. The van der Waals surface area contributed by atoms with E-state index in [-0.39, 0.29) is 15.8 Å². The molecule has 108 valence electrons. The van der Waals surface area contributed by atoms with E-state index >= 15 is 0 Å². The molecule has 0 saturated carbocycles. The number of furan rings is 1. The molecule has 0 aliphatic rings. The first kappa shape index (κ1) is 15.2. The highest BCUT2D eigenvalue weighted by atomic mass is 35.5. The third-order valence-electron chi connectivity index (χ3n) is 2.43. The first-order valence-corrected chi connectivity index (χ1v) is 7.87. The number of hydrogen-bond acceptors (Lipinski definition) is 4. The molecule has 1 aromatic carbocycles. The molecule has 20 heavy (non-hydrogen) atoms. The zero-order valence-corrected chi connectivity index (χ0v) is 12.8. The number of benzene rings is 1. The molecule has 0 atom stereocenters. The quantitative estimate of drug-likeness (QED) is 0.881. The lowest BCUT2D eigenvalue weighted by molar-refractivity contribution is 0.408. The fraction of sp³-hybridized carbons (Fsp3) is 0.167. The Morgan fingerprint density at radius 3 is 2.65 bits per heavy atom. The van der Waals surface area contributed by atoms with Crippen LogP contribution in [0.1, 0.15) is 5.76 Å². The molecule has 2 rings (SSSR count). The Labute approximate surface area is 126 Å². The van der Waals surface area contributed by atoms with Crippen molar-refractivity contribution in [1.29, 1.82) is 0 Å². The molecule has 0 unspecified atom stereocenters. The van der Waals surface area contributed by atoms with Gasteiger partial charge in [0, 0.05) is 5.02 Å². The number of anilines is 1. The smallest absolute Gasteiger partial charge is 0.295 e. The van der Waals surface area contributed by atoms with Crippen LogP contribution in [0, 0.1) is 0 Å². The zero-order chi connectivity index (χ0) is 14.8. The Morgan fingerprint density at radius 1 is 1.20 bits per heavy atom. The van der Waals surface area contributed by atoms with Crippen LogP contribution in [0.25, 0.3) is 0 Å². The van der Waals surface area contributed by atoms with Gasteiger partial charge in [-0.05, 0) is 37.4 Å². The summed E-state index contributed by atoms with van der Waals surface area (Å²) in [7, 11) is -2.10. The van der Waals surface area contributed by atoms with Crippen LogP contribution in [0.2, 0.25) is 10.0 Å². The van der Waals surface area contributed by atoms with E-state index in [0.29, 0.717) is 17.3 Å². The van der Waals surface area contributed by atoms with Crippen LogP contribution in [0.5, 0.6) is 0 Å². The molecule has 0 saturated heterocycles. The second kappa shape index (κ2) is 6.05. The van der Waals surface area contributed by atoms with E-state index in [2.05, 4.69) is 10.0 Å². The molecule has 0 amide bonds. The second-order valence-corrected chi connectivity index (χ2v) is 6.44. The average Bonchev–Trinajstić information content (AvgIpc) is 2.83. The SMILES string of the molecule is CNCc1ccc(S(=O)(=O)Nc2cc(Cl)ccc2Cl)o1. The summed E-state index contributed by atoms with van der Waals surface area (Å²) in [6, 6.07) is 7.48. The number of sulfonamides is 1. The second-order valence-electron chi connectivity index (χ2n) is 3.98. The molecule has 5 nitrogen and oxygen atoms in total. The number of hydrogen-bond donors (Lipinski definition) is 2. The Bertz CT molecular complexity index is 713. The monoisotopic (exact) mass is 334 g/mol. The van der Waals surface area contributed by atoms with Gasteiger partial charge >= 0.3 is 0 Å². The molecular weight excluding hydrogens is 323 g/mol. The highest BCUT2D eigenvalue weighted by molar-refractivity contribution is 7.92. The number of rotatable bonds is 5. The molecule has 0 aliphatic heterocycles. The Morgan fingerprint density at radius 2 is 1.95 bits per heavy atom. The van der Waals surface area contributed by atoms with Gasteiger partial charge in [-0.25, -0.2) is 0 Å². The zero-order valence-electron chi connectivity index (χ0n) is 10.5. The van der Waals surface area contributed by atoms with Crippen molar-refractivity contribution in [2.45, 2.75) is 11.6 Å². The van der Waals surface area contributed by atoms with Crippen LogP contribution in [0.4, 0.5) is 5.69 Å². The van der Waals surface area contributed by atoms with Gasteiger partial charge in [0.25, 0.3) is 10.0 Å². The minimum absolute atomic E-state index is 0.182. The van der Waals surface area contributed by atoms with Crippen molar-refractivity contribution >= 4 is 38.9 Å². The molecule has 1 heterocycles. The maximum absolute atomic E-state index is 12.2. The predicted molar refractivity (Wildman–Crippen MR) is 78.7 cm³/mol. The third-order valence-corrected chi connectivity index (χ3v) is 4.23. The van der Waals surface area contributed by atoms with E-state index < -0.39 is 10.0 Å². The van der Waals surface area contributed by atoms with E-state index in [4.69, 9.17) is 27.6 Å². The largest absolute Gasteiger partial charge is 0.446 e. The van der Waals surface area contributed by atoms with Gasteiger partial charge in [-0.15, -0.1) is 0 Å². The molecule has 0 bridgehead atoms. The summed E-state index contributed by atoms with van der Waals surface area (Å²) in [5, 5.41) is 3.31. The van der Waals surface area contributed by atoms with Crippen LogP contribution in [0.3, 0.4) is 0 Å². The Kier molecular flexibility index (Phi) is 4.59. The fourth-order valence-corrected chi connectivity index (χ4v) is 2.96. The van der Waals surface area contributed by atoms with E-state index in [1.165, 1.54) is 18.2 Å². The van der Waals surface area contributed by atoms with Gasteiger partial charge in [-0.3, -0.25) is 4.72 Å². The normalized spacial score (nSPS) is 11.6. The minimum Gasteiger partial charge on any atom is -0.446 e. The van der Waals surface area contributed by atoms with Gasteiger partial charge < -0.3 is 9.73 Å². The summed E-state index contributed by atoms with van der Waals surface area (Å²) in [6.45, 7) is 0.438.